The minimum absolute atomic E-state index is 0.129. The van der Waals surface area contributed by atoms with E-state index >= 15 is 0 Å². The van der Waals surface area contributed by atoms with E-state index in [1.807, 2.05) is 0 Å². The molecule has 5 nitrogen and oxygen atoms in total. The van der Waals surface area contributed by atoms with Crippen molar-refractivity contribution in [2.24, 2.45) is 23.5 Å². The molecule has 0 radical (unpaired) electrons. The first-order valence-electron chi connectivity index (χ1n) is 6.99. The third-order valence-electron chi connectivity index (χ3n) is 3.93. The van der Waals surface area contributed by atoms with Gasteiger partial charge in [0.2, 0.25) is 0 Å². The Hall–Kier alpha value is -1.10. The lowest BCUT2D eigenvalue weighted by molar-refractivity contribution is -0.159. The lowest BCUT2D eigenvalue weighted by Gasteiger charge is -2.37. The number of carbonyl (C=O) groups excluding carboxylic acids is 1. The molecule has 1 rings (SSSR count). The molecule has 4 unspecified atom stereocenters. The number of aliphatic carboxylic acids is 1. The van der Waals surface area contributed by atoms with Gasteiger partial charge in [-0.25, -0.2) is 0 Å². The number of ether oxygens (including phenoxy) is 1. The van der Waals surface area contributed by atoms with Crippen LogP contribution in [-0.4, -0.2) is 29.2 Å². The quantitative estimate of drug-likeness (QED) is 0.744. The van der Waals surface area contributed by atoms with Crippen molar-refractivity contribution in [2.45, 2.75) is 58.6 Å². The summed E-state index contributed by atoms with van der Waals surface area (Å²) in [7, 11) is 0. The summed E-state index contributed by atoms with van der Waals surface area (Å²) in [5, 5.41) is 8.63. The first-order chi connectivity index (χ1) is 8.81. The second-order valence-electron chi connectivity index (χ2n) is 6.01. The fraction of sp³-hybridized carbons (Fsp3) is 0.857. The van der Waals surface area contributed by atoms with Crippen molar-refractivity contribution in [3.05, 3.63) is 0 Å². The Morgan fingerprint density at radius 1 is 1.37 bits per heavy atom. The molecule has 0 aromatic rings. The number of carboxylic acid groups (broad SMARTS) is 1. The molecule has 110 valence electrons. The molecule has 5 heteroatoms. The summed E-state index contributed by atoms with van der Waals surface area (Å²) in [6.45, 7) is 6.39. The predicted molar refractivity (Wildman–Crippen MR) is 71.5 cm³/mol. The molecule has 4 atom stereocenters. The summed E-state index contributed by atoms with van der Waals surface area (Å²) in [5.74, 6) is -0.351. The fourth-order valence-electron chi connectivity index (χ4n) is 2.76. The van der Waals surface area contributed by atoms with Crippen LogP contribution in [-0.2, 0) is 14.3 Å². The van der Waals surface area contributed by atoms with E-state index in [1.165, 1.54) is 0 Å². The molecule has 0 bridgehead atoms. The Kier molecular flexibility index (Phi) is 5.79. The zero-order valence-electron chi connectivity index (χ0n) is 12.0. The number of hydrogen-bond acceptors (Lipinski definition) is 4. The Bertz CT molecular complexity index is 329. The van der Waals surface area contributed by atoms with Crippen molar-refractivity contribution in [2.75, 3.05) is 0 Å². The predicted octanol–water partition coefficient (Wildman–Crippen LogP) is 1.79. The monoisotopic (exact) mass is 271 g/mol. The van der Waals surface area contributed by atoms with Gasteiger partial charge in [-0.2, -0.15) is 0 Å². The molecule has 0 heterocycles. The van der Waals surface area contributed by atoms with Crippen LogP contribution < -0.4 is 5.73 Å². The van der Waals surface area contributed by atoms with Crippen LogP contribution >= 0.6 is 0 Å². The molecule has 0 aromatic heterocycles. The van der Waals surface area contributed by atoms with Gasteiger partial charge in [-0.3, -0.25) is 9.59 Å². The van der Waals surface area contributed by atoms with Gasteiger partial charge in [0.05, 0.1) is 6.42 Å². The van der Waals surface area contributed by atoms with Crippen LogP contribution in [0.3, 0.4) is 0 Å². The second-order valence-corrected chi connectivity index (χ2v) is 6.01. The molecule has 19 heavy (non-hydrogen) atoms. The van der Waals surface area contributed by atoms with E-state index in [0.29, 0.717) is 17.8 Å². The van der Waals surface area contributed by atoms with Crippen LogP contribution in [0, 0.1) is 17.8 Å². The Labute approximate surface area is 114 Å². The molecule has 1 aliphatic carbocycles. The van der Waals surface area contributed by atoms with Gasteiger partial charge in [-0.1, -0.05) is 27.2 Å². The number of nitrogens with two attached hydrogens (primary N) is 1. The van der Waals surface area contributed by atoms with Crippen LogP contribution in [0.1, 0.15) is 46.5 Å². The third kappa shape index (κ3) is 4.82. The average Bonchev–Trinajstić information content (AvgIpc) is 2.27. The highest BCUT2D eigenvalue weighted by molar-refractivity contribution is 5.81. The van der Waals surface area contributed by atoms with Gasteiger partial charge in [0.25, 0.3) is 0 Å². The molecule has 1 aliphatic rings. The number of carboxylic acids is 1. The number of carbonyl (C=O) groups is 2. The minimum atomic E-state index is -1.08. The van der Waals surface area contributed by atoms with Gasteiger partial charge in [0, 0.05) is 0 Å². The summed E-state index contributed by atoms with van der Waals surface area (Å²) < 4.78 is 5.47. The largest absolute Gasteiger partial charge is 0.481 e. The standard InChI is InChI=1S/C14H25NO4/c1-8(2)10-5-4-9(3)6-12(10)19-14(18)11(15)7-13(16)17/h8-12H,4-7,15H2,1-3H3,(H,16,17). The highest BCUT2D eigenvalue weighted by Crippen LogP contribution is 2.35. The van der Waals surface area contributed by atoms with Crippen molar-refractivity contribution < 1.29 is 19.4 Å². The van der Waals surface area contributed by atoms with E-state index in [-0.39, 0.29) is 12.5 Å². The molecule has 0 spiro atoms. The number of rotatable bonds is 5. The summed E-state index contributed by atoms with van der Waals surface area (Å²) in [6.07, 6.45) is 2.53. The van der Waals surface area contributed by atoms with E-state index in [0.717, 1.165) is 19.3 Å². The Balaban J connectivity index is 2.60. The second kappa shape index (κ2) is 6.89. The number of esters is 1. The number of hydrogen-bond donors (Lipinski definition) is 2. The van der Waals surface area contributed by atoms with Crippen molar-refractivity contribution >= 4 is 11.9 Å². The molecule has 1 fully saturated rings. The maximum atomic E-state index is 11.8. The van der Waals surface area contributed by atoms with E-state index in [1.54, 1.807) is 0 Å². The SMILES string of the molecule is CC1CCC(C(C)C)C(OC(=O)C(N)CC(=O)O)C1. The first kappa shape index (κ1) is 16.0. The van der Waals surface area contributed by atoms with Gasteiger partial charge in [0.1, 0.15) is 12.1 Å². The normalized spacial score (nSPS) is 29.0. The van der Waals surface area contributed by atoms with Crippen LogP contribution in [0.15, 0.2) is 0 Å². The molecule has 0 aliphatic heterocycles. The zero-order chi connectivity index (χ0) is 14.6. The molecular weight excluding hydrogens is 246 g/mol. The van der Waals surface area contributed by atoms with Gasteiger partial charge in [0.15, 0.2) is 0 Å². The third-order valence-corrected chi connectivity index (χ3v) is 3.93. The van der Waals surface area contributed by atoms with E-state index in [4.69, 9.17) is 15.6 Å². The molecule has 0 saturated heterocycles. The molecule has 1 saturated carbocycles. The van der Waals surface area contributed by atoms with Crippen molar-refractivity contribution in [1.82, 2.24) is 0 Å². The van der Waals surface area contributed by atoms with E-state index < -0.39 is 18.0 Å². The maximum Gasteiger partial charge on any atom is 0.323 e. The topological polar surface area (TPSA) is 89.6 Å². The molecule has 0 aromatic carbocycles. The summed E-state index contributed by atoms with van der Waals surface area (Å²) in [5.41, 5.74) is 5.54. The maximum absolute atomic E-state index is 11.8. The summed E-state index contributed by atoms with van der Waals surface area (Å²) in [4.78, 5) is 22.4. The highest BCUT2D eigenvalue weighted by atomic mass is 16.5. The summed E-state index contributed by atoms with van der Waals surface area (Å²) in [6, 6.07) is -1.07. The average molecular weight is 271 g/mol. The van der Waals surface area contributed by atoms with Crippen LogP contribution in [0.5, 0.6) is 0 Å². The lowest BCUT2D eigenvalue weighted by Crippen LogP contribution is -2.41. The van der Waals surface area contributed by atoms with Gasteiger partial charge < -0.3 is 15.6 Å². The van der Waals surface area contributed by atoms with Gasteiger partial charge in [-0.15, -0.1) is 0 Å². The van der Waals surface area contributed by atoms with Crippen LogP contribution in [0.2, 0.25) is 0 Å². The smallest absolute Gasteiger partial charge is 0.323 e. The van der Waals surface area contributed by atoms with E-state index in [2.05, 4.69) is 20.8 Å². The summed E-state index contributed by atoms with van der Waals surface area (Å²) >= 11 is 0. The van der Waals surface area contributed by atoms with Gasteiger partial charge in [-0.05, 0) is 30.6 Å². The van der Waals surface area contributed by atoms with Crippen molar-refractivity contribution in [3.8, 4) is 0 Å². The Morgan fingerprint density at radius 3 is 2.53 bits per heavy atom. The Morgan fingerprint density at radius 2 is 2.00 bits per heavy atom. The fourth-order valence-corrected chi connectivity index (χ4v) is 2.76. The first-order valence-corrected chi connectivity index (χ1v) is 6.99. The van der Waals surface area contributed by atoms with Crippen molar-refractivity contribution in [3.63, 3.8) is 0 Å². The van der Waals surface area contributed by atoms with Gasteiger partial charge >= 0.3 is 11.9 Å². The lowest BCUT2D eigenvalue weighted by atomic mass is 9.75. The molecule has 0 amide bonds. The zero-order valence-corrected chi connectivity index (χ0v) is 12.0. The van der Waals surface area contributed by atoms with E-state index in [9.17, 15) is 9.59 Å². The van der Waals surface area contributed by atoms with Crippen LogP contribution in [0.4, 0.5) is 0 Å². The van der Waals surface area contributed by atoms with Crippen molar-refractivity contribution in [1.29, 1.82) is 0 Å². The molecular formula is C14H25NO4. The minimum Gasteiger partial charge on any atom is -0.481 e. The van der Waals surface area contributed by atoms with Crippen LogP contribution in [0.25, 0.3) is 0 Å². The highest BCUT2D eigenvalue weighted by Gasteiger charge is 2.34. The molecule has 3 N–H and O–H groups in total.